The van der Waals surface area contributed by atoms with E-state index < -0.39 is 0 Å². The average Bonchev–Trinajstić information content (AvgIpc) is 3.30. The van der Waals surface area contributed by atoms with Gasteiger partial charge in [0.05, 0.1) is 12.5 Å². The van der Waals surface area contributed by atoms with Crippen molar-refractivity contribution in [3.63, 3.8) is 0 Å². The summed E-state index contributed by atoms with van der Waals surface area (Å²) in [6.07, 6.45) is 10.8. The first kappa shape index (κ1) is 17.8. The molecule has 4 heterocycles. The van der Waals surface area contributed by atoms with E-state index in [9.17, 15) is 9.90 Å². The van der Waals surface area contributed by atoms with E-state index in [1.54, 1.807) is 24.7 Å². The van der Waals surface area contributed by atoms with Crippen LogP contribution >= 0.6 is 0 Å². The number of piperidine rings is 1. The molecular weight excluding hydrogens is 366 g/mol. The fourth-order valence-electron chi connectivity index (χ4n) is 4.77. The summed E-state index contributed by atoms with van der Waals surface area (Å²) in [7, 11) is 0. The Bertz CT molecular complexity index is 1060. The van der Waals surface area contributed by atoms with Gasteiger partial charge >= 0.3 is 0 Å². The minimum atomic E-state index is 0.0310. The van der Waals surface area contributed by atoms with Gasteiger partial charge in [-0.15, -0.1) is 0 Å². The molecule has 1 amide bonds. The molecule has 2 aromatic heterocycles. The Balaban J connectivity index is 1.44. The molecule has 6 heteroatoms. The maximum Gasteiger partial charge on any atom is 0.246 e. The Hall–Kier alpha value is -3.28. The van der Waals surface area contributed by atoms with Crippen molar-refractivity contribution >= 4 is 11.4 Å². The number of amides is 1. The summed E-state index contributed by atoms with van der Waals surface area (Å²) in [6, 6.07) is 9.62. The van der Waals surface area contributed by atoms with Crippen LogP contribution < -0.4 is 4.74 Å². The van der Waals surface area contributed by atoms with Crippen molar-refractivity contribution in [2.75, 3.05) is 0 Å². The molecule has 0 aliphatic carbocycles. The molecule has 5 rings (SSSR count). The van der Waals surface area contributed by atoms with Crippen LogP contribution in [0.1, 0.15) is 25.7 Å². The molecule has 6 nitrogen and oxygen atoms in total. The van der Waals surface area contributed by atoms with Crippen LogP contribution in [0.25, 0.3) is 16.6 Å². The molecule has 2 fully saturated rings. The van der Waals surface area contributed by atoms with Crippen LogP contribution in [0.3, 0.4) is 0 Å². The van der Waals surface area contributed by atoms with E-state index in [2.05, 4.69) is 11.6 Å². The molecule has 2 aliphatic heterocycles. The summed E-state index contributed by atoms with van der Waals surface area (Å²) in [4.78, 5) is 18.5. The topological polar surface area (TPSA) is 67.1 Å². The first-order valence-corrected chi connectivity index (χ1v) is 9.99. The summed E-state index contributed by atoms with van der Waals surface area (Å²) in [5, 5.41) is 9.57. The highest BCUT2D eigenvalue weighted by molar-refractivity contribution is 5.87. The van der Waals surface area contributed by atoms with Gasteiger partial charge in [0.25, 0.3) is 0 Å². The summed E-state index contributed by atoms with van der Waals surface area (Å²) in [5.41, 5.74) is 2.91. The number of pyridine rings is 1. The second-order valence-corrected chi connectivity index (χ2v) is 7.87. The average molecular weight is 389 g/mol. The molecule has 0 saturated carbocycles. The molecule has 2 bridgehead atoms. The summed E-state index contributed by atoms with van der Waals surface area (Å²) < 4.78 is 8.44. The van der Waals surface area contributed by atoms with Gasteiger partial charge < -0.3 is 19.1 Å². The van der Waals surface area contributed by atoms with Crippen molar-refractivity contribution in [2.45, 2.75) is 43.9 Å². The number of hydrogen-bond donors (Lipinski definition) is 1. The third-order valence-corrected chi connectivity index (χ3v) is 6.10. The van der Waals surface area contributed by atoms with Crippen LogP contribution in [-0.2, 0) is 4.79 Å². The van der Waals surface area contributed by atoms with Crippen molar-refractivity contribution in [1.29, 1.82) is 0 Å². The van der Waals surface area contributed by atoms with Gasteiger partial charge in [0, 0.05) is 36.7 Å². The standard InChI is InChI=1S/C23H23N3O3/c1-2-23(28)26-17-5-6-18(26)11-20(10-17)29-22-9-16(13-25-14-24-12-21(22)25)15-3-7-19(27)8-4-15/h2-4,7-9,12-14,17-18,20,27H,1,5-6,10-11H2/t17-,18+,20-. The number of carbonyl (C=O) groups is 1. The minimum absolute atomic E-state index is 0.0310. The number of hydrogen-bond acceptors (Lipinski definition) is 4. The normalized spacial score (nSPS) is 23.3. The molecule has 1 N–H and O–H groups in total. The molecular formula is C23H23N3O3. The first-order valence-electron chi connectivity index (χ1n) is 9.99. The number of imidazole rings is 1. The van der Waals surface area contributed by atoms with Crippen molar-refractivity contribution < 1.29 is 14.6 Å². The van der Waals surface area contributed by atoms with Crippen LogP contribution in [0.2, 0.25) is 0 Å². The van der Waals surface area contributed by atoms with Crippen molar-refractivity contribution in [3.05, 3.63) is 61.7 Å². The Labute approximate surface area is 169 Å². The summed E-state index contributed by atoms with van der Waals surface area (Å²) in [6.45, 7) is 3.64. The number of fused-ring (bicyclic) bond motifs is 3. The van der Waals surface area contributed by atoms with Gasteiger partial charge in [0.1, 0.15) is 23.1 Å². The zero-order valence-electron chi connectivity index (χ0n) is 16.1. The molecule has 2 aliphatic rings. The van der Waals surface area contributed by atoms with Gasteiger partial charge in [-0.25, -0.2) is 4.98 Å². The monoisotopic (exact) mass is 389 g/mol. The van der Waals surface area contributed by atoms with Gasteiger partial charge in [0.15, 0.2) is 0 Å². The van der Waals surface area contributed by atoms with Crippen LogP contribution in [0.5, 0.6) is 11.5 Å². The Morgan fingerprint density at radius 3 is 2.59 bits per heavy atom. The van der Waals surface area contributed by atoms with E-state index in [1.807, 2.05) is 33.7 Å². The number of aromatic nitrogens is 2. The van der Waals surface area contributed by atoms with Crippen molar-refractivity contribution in [3.8, 4) is 22.6 Å². The van der Waals surface area contributed by atoms with Crippen molar-refractivity contribution in [2.24, 2.45) is 0 Å². The lowest BCUT2D eigenvalue weighted by Crippen LogP contribution is -2.48. The Morgan fingerprint density at radius 1 is 1.17 bits per heavy atom. The van der Waals surface area contributed by atoms with Crippen molar-refractivity contribution in [1.82, 2.24) is 14.3 Å². The molecule has 1 aromatic carbocycles. The fraction of sp³-hybridized carbons (Fsp3) is 0.304. The van der Waals surface area contributed by atoms with E-state index >= 15 is 0 Å². The second kappa shape index (κ2) is 6.95. The number of benzene rings is 1. The van der Waals surface area contributed by atoms with Crippen LogP contribution in [0, 0.1) is 0 Å². The molecule has 29 heavy (non-hydrogen) atoms. The van der Waals surface area contributed by atoms with E-state index in [0.29, 0.717) is 0 Å². The SMILES string of the molecule is C=CC(=O)N1[C@@H]2CC[C@H]1C[C@H](Oc1cc(-c3ccc(O)cc3)cn3cncc13)C2. The summed E-state index contributed by atoms with van der Waals surface area (Å²) >= 11 is 0. The molecule has 2 saturated heterocycles. The lowest BCUT2D eigenvalue weighted by Gasteiger charge is -2.38. The molecule has 0 unspecified atom stereocenters. The van der Waals surface area contributed by atoms with Crippen LogP contribution in [0.4, 0.5) is 0 Å². The molecule has 148 valence electrons. The number of nitrogens with zero attached hydrogens (tertiary/aromatic N) is 3. The lowest BCUT2D eigenvalue weighted by molar-refractivity contribution is -0.131. The zero-order chi connectivity index (χ0) is 20.0. The molecule has 3 atom stereocenters. The largest absolute Gasteiger partial charge is 0.508 e. The van der Waals surface area contributed by atoms with E-state index in [4.69, 9.17) is 4.74 Å². The summed E-state index contributed by atoms with van der Waals surface area (Å²) in [5.74, 6) is 1.06. The highest BCUT2D eigenvalue weighted by atomic mass is 16.5. The smallest absolute Gasteiger partial charge is 0.246 e. The third kappa shape index (κ3) is 3.14. The third-order valence-electron chi connectivity index (χ3n) is 6.10. The van der Waals surface area contributed by atoms with Gasteiger partial charge in [-0.05, 0) is 42.7 Å². The fourth-order valence-corrected chi connectivity index (χ4v) is 4.77. The second-order valence-electron chi connectivity index (χ2n) is 7.87. The predicted octanol–water partition coefficient (Wildman–Crippen LogP) is 3.79. The quantitative estimate of drug-likeness (QED) is 0.690. The van der Waals surface area contributed by atoms with Crippen LogP contribution in [-0.4, -0.2) is 43.5 Å². The maximum atomic E-state index is 12.2. The van der Waals surface area contributed by atoms with E-state index in [-0.39, 0.29) is 29.8 Å². The van der Waals surface area contributed by atoms with Gasteiger partial charge in [0.2, 0.25) is 5.91 Å². The van der Waals surface area contributed by atoms with E-state index in [0.717, 1.165) is 48.1 Å². The minimum Gasteiger partial charge on any atom is -0.508 e. The predicted molar refractivity (Wildman–Crippen MR) is 110 cm³/mol. The number of phenolic OH excluding ortho intramolecular Hbond substituents is 1. The number of ether oxygens (including phenoxy) is 1. The number of rotatable bonds is 4. The lowest BCUT2D eigenvalue weighted by atomic mass is 9.99. The highest BCUT2D eigenvalue weighted by Crippen LogP contribution is 2.38. The highest BCUT2D eigenvalue weighted by Gasteiger charge is 2.43. The molecule has 3 aromatic rings. The maximum absolute atomic E-state index is 12.2. The first-order chi connectivity index (χ1) is 14.1. The van der Waals surface area contributed by atoms with Gasteiger partial charge in [-0.1, -0.05) is 18.7 Å². The Kier molecular flexibility index (Phi) is 4.27. The van der Waals surface area contributed by atoms with Gasteiger partial charge in [-0.3, -0.25) is 4.79 Å². The van der Waals surface area contributed by atoms with Gasteiger partial charge in [-0.2, -0.15) is 0 Å². The van der Waals surface area contributed by atoms with E-state index in [1.165, 1.54) is 6.08 Å². The zero-order valence-corrected chi connectivity index (χ0v) is 16.1. The van der Waals surface area contributed by atoms with Crippen LogP contribution in [0.15, 0.2) is 61.7 Å². The number of carbonyl (C=O) groups excluding carboxylic acids is 1. The number of phenols is 1. The number of aromatic hydroxyl groups is 1. The molecule has 0 spiro atoms. The molecule has 0 radical (unpaired) electrons. The Morgan fingerprint density at radius 2 is 1.90 bits per heavy atom.